The fourth-order valence-electron chi connectivity index (χ4n) is 6.65. The molecule has 1 aliphatic carbocycles. The van der Waals surface area contributed by atoms with Crippen LogP contribution in [-0.2, 0) is 32.9 Å². The van der Waals surface area contributed by atoms with E-state index in [1.807, 2.05) is 35.7 Å². The first-order valence-electron chi connectivity index (χ1n) is 16.2. The standard InChI is InChI=1S/C27H20NS.C15H18NSi.Ir/c1-2-7-18(8-3-1)20-13-14-25-24(17-20)22-11-6-12-23(27(22)29-25)26-21-10-5-4-9-19(21)15-16-28-26;1-12-10-14(13-8-6-5-7-9-13)16-11-15(12)17(2,3)4;/h1-3,6-8,11,13-17H,4-5,9-10H2;5-8,10-11H,1-4H3;/q2*-1;. The van der Waals surface area contributed by atoms with Crippen LogP contribution < -0.4 is 5.19 Å². The summed E-state index contributed by atoms with van der Waals surface area (Å²) in [6.45, 7) is 9.24. The van der Waals surface area contributed by atoms with Crippen molar-refractivity contribution in [1.82, 2.24) is 9.97 Å². The van der Waals surface area contributed by atoms with Gasteiger partial charge in [0.1, 0.15) is 0 Å². The third-order valence-corrected chi connectivity index (χ3v) is 12.3. The van der Waals surface area contributed by atoms with Gasteiger partial charge < -0.3 is 9.97 Å². The summed E-state index contributed by atoms with van der Waals surface area (Å²) >= 11 is 1.87. The van der Waals surface area contributed by atoms with E-state index in [1.165, 1.54) is 78.0 Å². The first-order valence-corrected chi connectivity index (χ1v) is 20.5. The van der Waals surface area contributed by atoms with Gasteiger partial charge in [0.05, 0.1) is 8.07 Å². The summed E-state index contributed by atoms with van der Waals surface area (Å²) in [6, 6.07) is 40.9. The van der Waals surface area contributed by atoms with Gasteiger partial charge in [-0.15, -0.1) is 59.7 Å². The second-order valence-electron chi connectivity index (χ2n) is 13.2. The third kappa shape index (κ3) is 6.95. The summed E-state index contributed by atoms with van der Waals surface area (Å²) in [5.74, 6) is 0. The normalized spacial score (nSPS) is 12.6. The molecule has 0 aliphatic heterocycles. The topological polar surface area (TPSA) is 25.8 Å². The zero-order chi connectivity index (χ0) is 31.7. The van der Waals surface area contributed by atoms with Gasteiger partial charge in [0.2, 0.25) is 0 Å². The Hall–Kier alpha value is -3.73. The molecule has 0 N–H and O–H groups in total. The fourth-order valence-corrected chi connectivity index (χ4v) is 9.53. The minimum Gasteiger partial charge on any atom is -0.305 e. The average molecular weight is 823 g/mol. The van der Waals surface area contributed by atoms with Crippen LogP contribution in [0.15, 0.2) is 109 Å². The van der Waals surface area contributed by atoms with Crippen molar-refractivity contribution in [3.05, 3.63) is 138 Å². The Balaban J connectivity index is 0.000000185. The molecule has 0 saturated heterocycles. The third-order valence-electron chi connectivity index (χ3n) is 8.95. The van der Waals surface area contributed by atoms with Crippen molar-refractivity contribution < 1.29 is 20.1 Å². The molecule has 1 aliphatic rings. The molecule has 3 heterocycles. The van der Waals surface area contributed by atoms with E-state index >= 15 is 0 Å². The van der Waals surface area contributed by atoms with Crippen molar-refractivity contribution in [3.8, 4) is 33.6 Å². The number of hydrogen-bond donors (Lipinski definition) is 0. The van der Waals surface area contributed by atoms with Crippen LogP contribution in [0.25, 0.3) is 53.8 Å². The minimum absolute atomic E-state index is 0. The number of nitrogens with zero attached hydrogens (tertiary/aromatic N) is 2. The molecule has 237 valence electrons. The molecule has 0 fully saturated rings. The first-order chi connectivity index (χ1) is 22.4. The molecule has 1 radical (unpaired) electrons. The van der Waals surface area contributed by atoms with E-state index in [4.69, 9.17) is 4.98 Å². The number of benzene rings is 4. The molecular formula is C42H38IrN2SSi-2. The summed E-state index contributed by atoms with van der Waals surface area (Å²) in [5, 5.41) is 4.08. The van der Waals surface area contributed by atoms with Crippen LogP contribution in [0.3, 0.4) is 0 Å². The molecule has 0 bridgehead atoms. The number of aryl methyl sites for hydroxylation is 2. The van der Waals surface area contributed by atoms with Gasteiger partial charge in [0.25, 0.3) is 0 Å². The van der Waals surface area contributed by atoms with Crippen molar-refractivity contribution in [2.45, 2.75) is 52.2 Å². The van der Waals surface area contributed by atoms with E-state index in [0.717, 1.165) is 23.4 Å². The van der Waals surface area contributed by atoms with E-state index in [2.05, 4.69) is 129 Å². The van der Waals surface area contributed by atoms with Crippen LogP contribution in [0.1, 0.15) is 29.5 Å². The number of pyridine rings is 2. The predicted octanol–water partition coefficient (Wildman–Crippen LogP) is 10.9. The SMILES string of the molecule is Cc1cc(-c2[c-]cccc2)ncc1[Si](C)(C)C.[Ir].[c-]1ccc2c(sc3ccc(-c4ccccc4)cc32)c1-c1nccc2c1CCCC2. The Labute approximate surface area is 297 Å². The second-order valence-corrected chi connectivity index (χ2v) is 19.3. The zero-order valence-corrected chi connectivity index (χ0v) is 31.6. The Kier molecular flexibility index (Phi) is 10.0. The Morgan fingerprint density at radius 3 is 2.32 bits per heavy atom. The molecule has 0 unspecified atom stereocenters. The molecule has 2 nitrogen and oxygen atoms in total. The fraction of sp³-hybridized carbons (Fsp3) is 0.190. The zero-order valence-electron chi connectivity index (χ0n) is 27.4. The van der Waals surface area contributed by atoms with Gasteiger partial charge in [0, 0.05) is 37.2 Å². The molecule has 0 amide bonds. The van der Waals surface area contributed by atoms with E-state index in [0.29, 0.717) is 0 Å². The van der Waals surface area contributed by atoms with Crippen molar-refractivity contribution in [3.63, 3.8) is 0 Å². The Morgan fingerprint density at radius 1 is 0.745 bits per heavy atom. The Morgan fingerprint density at radius 2 is 1.55 bits per heavy atom. The van der Waals surface area contributed by atoms with Crippen LogP contribution in [0.2, 0.25) is 19.6 Å². The van der Waals surface area contributed by atoms with Crippen LogP contribution in [0.5, 0.6) is 0 Å². The molecule has 8 rings (SSSR count). The Bertz CT molecular complexity index is 2150. The number of fused-ring (bicyclic) bond motifs is 4. The molecular weight excluding hydrogens is 785 g/mol. The predicted molar refractivity (Wildman–Crippen MR) is 200 cm³/mol. The number of rotatable bonds is 4. The van der Waals surface area contributed by atoms with Gasteiger partial charge in [-0.3, -0.25) is 0 Å². The van der Waals surface area contributed by atoms with Crippen molar-refractivity contribution >= 4 is 44.8 Å². The largest absolute Gasteiger partial charge is 0.305 e. The number of hydrogen-bond acceptors (Lipinski definition) is 3. The van der Waals surface area contributed by atoms with Gasteiger partial charge in [0.15, 0.2) is 0 Å². The average Bonchev–Trinajstić information content (AvgIpc) is 3.47. The van der Waals surface area contributed by atoms with Gasteiger partial charge in [-0.2, -0.15) is 11.3 Å². The molecule has 0 saturated carbocycles. The van der Waals surface area contributed by atoms with Gasteiger partial charge >= 0.3 is 0 Å². The number of thiophene rings is 1. The van der Waals surface area contributed by atoms with Gasteiger partial charge in [-0.05, 0) is 88.6 Å². The smallest absolute Gasteiger partial charge is 0.0798 e. The molecule has 0 spiro atoms. The van der Waals surface area contributed by atoms with Crippen LogP contribution in [-0.4, -0.2) is 18.0 Å². The maximum absolute atomic E-state index is 4.82. The van der Waals surface area contributed by atoms with E-state index in [9.17, 15) is 0 Å². The summed E-state index contributed by atoms with van der Waals surface area (Å²) in [5.41, 5.74) is 11.2. The summed E-state index contributed by atoms with van der Waals surface area (Å²) in [4.78, 5) is 9.40. The summed E-state index contributed by atoms with van der Waals surface area (Å²) < 4.78 is 2.63. The maximum atomic E-state index is 4.82. The van der Waals surface area contributed by atoms with E-state index in [1.54, 1.807) is 0 Å². The van der Waals surface area contributed by atoms with Crippen LogP contribution >= 0.6 is 11.3 Å². The van der Waals surface area contributed by atoms with Crippen molar-refractivity contribution in [2.24, 2.45) is 0 Å². The molecule has 0 atom stereocenters. The summed E-state index contributed by atoms with van der Waals surface area (Å²) in [7, 11) is -1.27. The van der Waals surface area contributed by atoms with Crippen molar-refractivity contribution in [1.29, 1.82) is 0 Å². The first kappa shape index (κ1) is 33.2. The molecule has 47 heavy (non-hydrogen) atoms. The molecule has 5 heteroatoms. The second kappa shape index (κ2) is 14.2. The van der Waals surface area contributed by atoms with Crippen LogP contribution in [0.4, 0.5) is 0 Å². The van der Waals surface area contributed by atoms with E-state index < -0.39 is 8.07 Å². The molecule has 3 aromatic heterocycles. The number of aromatic nitrogens is 2. The minimum atomic E-state index is -1.27. The molecule has 4 aromatic carbocycles. The maximum Gasteiger partial charge on any atom is 0.0798 e. The van der Waals surface area contributed by atoms with Gasteiger partial charge in [-0.1, -0.05) is 84.2 Å². The van der Waals surface area contributed by atoms with Crippen molar-refractivity contribution in [2.75, 3.05) is 0 Å². The quantitative estimate of drug-likeness (QED) is 0.131. The van der Waals surface area contributed by atoms with E-state index in [-0.39, 0.29) is 20.1 Å². The van der Waals surface area contributed by atoms with Crippen LogP contribution in [0, 0.1) is 19.1 Å². The molecule has 7 aromatic rings. The monoisotopic (exact) mass is 823 g/mol. The van der Waals surface area contributed by atoms with Gasteiger partial charge in [-0.25, -0.2) is 0 Å². The summed E-state index contributed by atoms with van der Waals surface area (Å²) in [6.07, 6.45) is 8.88.